The van der Waals surface area contributed by atoms with Gasteiger partial charge in [-0.05, 0) is 24.8 Å². The summed E-state index contributed by atoms with van der Waals surface area (Å²) in [5.41, 5.74) is 2.22. The van der Waals surface area contributed by atoms with Crippen molar-refractivity contribution in [1.29, 1.82) is 0 Å². The highest BCUT2D eigenvalue weighted by Crippen LogP contribution is 2.25. The molecule has 1 amide bonds. The van der Waals surface area contributed by atoms with Gasteiger partial charge in [-0.25, -0.2) is 5.43 Å². The van der Waals surface area contributed by atoms with Crippen LogP contribution >= 0.6 is 0 Å². The van der Waals surface area contributed by atoms with Gasteiger partial charge in [-0.1, -0.05) is 31.4 Å². The fraction of sp³-hybridized carbons (Fsp3) is 0.467. The van der Waals surface area contributed by atoms with Crippen LogP contribution < -0.4 is 10.2 Å². The molecule has 0 saturated heterocycles. The lowest BCUT2D eigenvalue weighted by molar-refractivity contribution is -0.385. The third kappa shape index (κ3) is 4.83. The molecule has 0 heterocycles. The molecule has 1 fully saturated rings. The van der Waals surface area contributed by atoms with E-state index in [-0.39, 0.29) is 18.0 Å². The van der Waals surface area contributed by atoms with Crippen LogP contribution in [-0.4, -0.2) is 23.7 Å². The van der Waals surface area contributed by atoms with Crippen molar-refractivity contribution in [1.82, 2.24) is 5.43 Å². The highest BCUT2D eigenvalue weighted by molar-refractivity contribution is 5.78. The van der Waals surface area contributed by atoms with Crippen LogP contribution in [0.3, 0.4) is 0 Å². The largest absolute Gasteiger partial charge is 0.477 e. The number of para-hydroxylation sites is 2. The number of nitrogens with one attached hydrogen (secondary N) is 1. The molecule has 0 aliphatic heterocycles. The molecule has 1 aliphatic carbocycles. The van der Waals surface area contributed by atoms with Gasteiger partial charge in [-0.15, -0.1) is 0 Å². The molecule has 0 bridgehead atoms. The van der Waals surface area contributed by atoms with Crippen molar-refractivity contribution in [3.8, 4) is 5.75 Å². The number of nitro benzene ring substituents is 1. The fourth-order valence-corrected chi connectivity index (χ4v) is 2.40. The van der Waals surface area contributed by atoms with Crippen molar-refractivity contribution in [2.24, 2.45) is 11.0 Å². The molecule has 1 aromatic carbocycles. The lowest BCUT2D eigenvalue weighted by Crippen LogP contribution is -2.25. The molecule has 1 saturated carbocycles. The van der Waals surface area contributed by atoms with Crippen molar-refractivity contribution in [2.75, 3.05) is 6.61 Å². The van der Waals surface area contributed by atoms with Crippen LogP contribution in [-0.2, 0) is 4.79 Å². The number of hydrazone groups is 1. The number of nitro groups is 1. The number of ether oxygens (including phenoxy) is 1. The molecule has 0 atom stereocenters. The molecule has 0 radical (unpaired) electrons. The molecule has 0 aromatic heterocycles. The number of amides is 1. The molecule has 2 rings (SSSR count). The molecule has 0 spiro atoms. The van der Waals surface area contributed by atoms with E-state index in [1.165, 1.54) is 31.4 Å². The molecule has 1 N–H and O–H groups in total. The summed E-state index contributed by atoms with van der Waals surface area (Å²) >= 11 is 0. The van der Waals surface area contributed by atoms with E-state index in [1.54, 1.807) is 18.3 Å². The Morgan fingerprint density at radius 3 is 2.82 bits per heavy atom. The Morgan fingerprint density at radius 2 is 2.09 bits per heavy atom. The molecule has 0 unspecified atom stereocenters. The van der Waals surface area contributed by atoms with Crippen LogP contribution in [0.25, 0.3) is 0 Å². The van der Waals surface area contributed by atoms with Crippen molar-refractivity contribution < 1.29 is 14.5 Å². The number of hydrogen-bond donors (Lipinski definition) is 1. The summed E-state index contributed by atoms with van der Waals surface area (Å²) in [6.07, 6.45) is 7.64. The standard InChI is InChI=1S/C15H19N3O4/c19-15(17-16-10-12-6-2-1-3-7-12)11-22-14-9-5-4-8-13(14)18(20)21/h4-5,8-10,12H,1-3,6-7,11H2,(H,17,19)/b16-10-. The van der Waals surface area contributed by atoms with E-state index >= 15 is 0 Å². The minimum atomic E-state index is -0.547. The van der Waals surface area contributed by atoms with Gasteiger partial charge in [0.05, 0.1) is 4.92 Å². The first kappa shape index (κ1) is 15.9. The van der Waals surface area contributed by atoms with Crippen LogP contribution in [0.1, 0.15) is 32.1 Å². The number of hydrogen-bond acceptors (Lipinski definition) is 5. The first-order valence-corrected chi connectivity index (χ1v) is 7.35. The van der Waals surface area contributed by atoms with E-state index < -0.39 is 10.8 Å². The van der Waals surface area contributed by atoms with E-state index in [9.17, 15) is 14.9 Å². The number of carbonyl (C=O) groups excluding carboxylic acids is 1. The molecular formula is C15H19N3O4. The second-order valence-electron chi connectivity index (χ2n) is 5.22. The summed E-state index contributed by atoms with van der Waals surface area (Å²) in [6.45, 7) is -0.313. The van der Waals surface area contributed by atoms with Crippen molar-refractivity contribution in [3.63, 3.8) is 0 Å². The normalized spacial score (nSPS) is 15.6. The Morgan fingerprint density at radius 1 is 1.36 bits per heavy atom. The smallest absolute Gasteiger partial charge is 0.310 e. The highest BCUT2D eigenvalue weighted by atomic mass is 16.6. The van der Waals surface area contributed by atoms with E-state index in [1.807, 2.05) is 0 Å². The summed E-state index contributed by atoms with van der Waals surface area (Å²) < 4.78 is 5.18. The third-order valence-corrected chi connectivity index (χ3v) is 3.55. The Bertz CT molecular complexity index is 553. The van der Waals surface area contributed by atoms with Crippen LogP contribution in [0.5, 0.6) is 5.75 Å². The zero-order valence-electron chi connectivity index (χ0n) is 12.2. The summed E-state index contributed by atoms with van der Waals surface area (Å²) in [7, 11) is 0. The highest BCUT2D eigenvalue weighted by Gasteiger charge is 2.15. The van der Waals surface area contributed by atoms with Crippen LogP contribution in [0.15, 0.2) is 29.4 Å². The molecule has 22 heavy (non-hydrogen) atoms. The molecular weight excluding hydrogens is 286 g/mol. The van der Waals surface area contributed by atoms with E-state index in [2.05, 4.69) is 10.5 Å². The number of nitrogens with zero attached hydrogens (tertiary/aromatic N) is 2. The maximum absolute atomic E-state index is 11.6. The quantitative estimate of drug-likeness (QED) is 0.496. The molecule has 118 valence electrons. The molecule has 1 aliphatic rings. The number of rotatable bonds is 6. The average molecular weight is 305 g/mol. The Hall–Kier alpha value is -2.44. The van der Waals surface area contributed by atoms with E-state index in [4.69, 9.17) is 4.74 Å². The summed E-state index contributed by atoms with van der Waals surface area (Å²) in [4.78, 5) is 21.9. The predicted molar refractivity (Wildman–Crippen MR) is 81.8 cm³/mol. The van der Waals surface area contributed by atoms with Crippen molar-refractivity contribution in [2.45, 2.75) is 32.1 Å². The summed E-state index contributed by atoms with van der Waals surface area (Å²) in [5, 5.41) is 14.7. The number of carbonyl (C=O) groups is 1. The molecule has 7 nitrogen and oxygen atoms in total. The first-order chi connectivity index (χ1) is 10.7. The minimum Gasteiger partial charge on any atom is -0.477 e. The maximum Gasteiger partial charge on any atom is 0.310 e. The third-order valence-electron chi connectivity index (χ3n) is 3.55. The molecule has 1 aromatic rings. The second-order valence-corrected chi connectivity index (χ2v) is 5.22. The van der Waals surface area contributed by atoms with Crippen LogP contribution in [0, 0.1) is 16.0 Å². The van der Waals surface area contributed by atoms with Gasteiger partial charge in [0, 0.05) is 12.3 Å². The van der Waals surface area contributed by atoms with E-state index in [0.29, 0.717) is 5.92 Å². The van der Waals surface area contributed by atoms with Gasteiger partial charge in [-0.2, -0.15) is 5.10 Å². The van der Waals surface area contributed by atoms with Gasteiger partial charge in [0.25, 0.3) is 5.91 Å². The zero-order valence-corrected chi connectivity index (χ0v) is 12.2. The van der Waals surface area contributed by atoms with Gasteiger partial charge in [0.1, 0.15) is 0 Å². The monoisotopic (exact) mass is 305 g/mol. The molecule has 7 heteroatoms. The number of benzene rings is 1. The van der Waals surface area contributed by atoms with Gasteiger partial charge in [-0.3, -0.25) is 14.9 Å². The first-order valence-electron chi connectivity index (χ1n) is 7.35. The second kappa shape index (κ2) is 8.11. The SMILES string of the molecule is O=C(COc1ccccc1[N+](=O)[O-])N/N=C\C1CCCCC1. The fourth-order valence-electron chi connectivity index (χ4n) is 2.40. The zero-order chi connectivity index (χ0) is 15.8. The van der Waals surface area contributed by atoms with Gasteiger partial charge < -0.3 is 4.74 Å². The van der Waals surface area contributed by atoms with Gasteiger partial charge >= 0.3 is 5.69 Å². The van der Waals surface area contributed by atoms with E-state index in [0.717, 1.165) is 12.8 Å². The van der Waals surface area contributed by atoms with Gasteiger partial charge in [0.2, 0.25) is 0 Å². The maximum atomic E-state index is 11.6. The summed E-state index contributed by atoms with van der Waals surface area (Å²) in [5.74, 6) is 0.0503. The lowest BCUT2D eigenvalue weighted by atomic mass is 9.90. The van der Waals surface area contributed by atoms with Crippen LogP contribution in [0.2, 0.25) is 0 Å². The lowest BCUT2D eigenvalue weighted by Gasteiger charge is -2.16. The minimum absolute atomic E-state index is 0.0684. The average Bonchev–Trinajstić information content (AvgIpc) is 2.54. The topological polar surface area (TPSA) is 93.8 Å². The Balaban J connectivity index is 1.78. The Kier molecular flexibility index (Phi) is 5.88. The van der Waals surface area contributed by atoms with Gasteiger partial charge in [0.15, 0.2) is 12.4 Å². The predicted octanol–water partition coefficient (Wildman–Crippen LogP) is 2.66. The summed E-state index contributed by atoms with van der Waals surface area (Å²) in [6, 6.07) is 5.94. The van der Waals surface area contributed by atoms with Crippen LogP contribution in [0.4, 0.5) is 5.69 Å². The van der Waals surface area contributed by atoms with Crippen molar-refractivity contribution in [3.05, 3.63) is 34.4 Å². The van der Waals surface area contributed by atoms with Crippen molar-refractivity contribution >= 4 is 17.8 Å². The Labute approximate surface area is 128 Å².